The van der Waals surface area contributed by atoms with Crippen molar-refractivity contribution >= 4 is 43.1 Å². The predicted molar refractivity (Wildman–Crippen MR) is 167 cm³/mol. The van der Waals surface area contributed by atoms with Gasteiger partial charge in [0.05, 0.1) is 17.3 Å². The number of fused-ring (bicyclic) bond motifs is 2. The molecule has 3 heteroatoms. The van der Waals surface area contributed by atoms with Gasteiger partial charge in [-0.05, 0) is 85.4 Å². The van der Waals surface area contributed by atoms with Crippen LogP contribution in [0.5, 0.6) is 11.5 Å². The van der Waals surface area contributed by atoms with Gasteiger partial charge < -0.3 is 4.74 Å². The van der Waals surface area contributed by atoms with Gasteiger partial charge >= 0.3 is 0 Å². The van der Waals surface area contributed by atoms with Crippen LogP contribution in [0.15, 0.2) is 121 Å². The first-order valence-corrected chi connectivity index (χ1v) is 13.7. The van der Waals surface area contributed by atoms with Crippen LogP contribution >= 0.6 is 0 Å². The first-order valence-electron chi connectivity index (χ1n) is 13.7. The Morgan fingerprint density at radius 2 is 1.29 bits per heavy atom. The zero-order valence-corrected chi connectivity index (χ0v) is 21.8. The summed E-state index contributed by atoms with van der Waals surface area (Å²) in [6, 6.07) is 42.5. The molecule has 41 heavy (non-hydrogen) atoms. The van der Waals surface area contributed by atoms with Gasteiger partial charge in [-0.1, -0.05) is 78.9 Å². The van der Waals surface area contributed by atoms with E-state index < -0.39 is 0 Å². The third-order valence-electron chi connectivity index (χ3n) is 8.53. The quantitative estimate of drug-likeness (QED) is 0.213. The number of nitriles is 1. The Labute approximate surface area is 235 Å². The van der Waals surface area contributed by atoms with E-state index >= 15 is 0 Å². The lowest BCUT2D eigenvalue weighted by Crippen LogP contribution is -1.98. The molecule has 2 heterocycles. The van der Waals surface area contributed by atoms with Crippen molar-refractivity contribution in [3.63, 3.8) is 0 Å². The lowest BCUT2D eigenvalue weighted by Gasteiger charge is -2.22. The number of benzene rings is 7. The highest BCUT2D eigenvalue weighted by Crippen LogP contribution is 2.49. The number of rotatable bonds is 2. The smallest absolute Gasteiger partial charge is 0.136 e. The Morgan fingerprint density at radius 1 is 0.537 bits per heavy atom. The summed E-state index contributed by atoms with van der Waals surface area (Å²) in [5.74, 6) is 1.62. The van der Waals surface area contributed by atoms with Gasteiger partial charge in [0.2, 0.25) is 0 Å². The van der Waals surface area contributed by atoms with E-state index in [1.54, 1.807) is 0 Å². The Morgan fingerprint density at radius 3 is 2.07 bits per heavy atom. The molecule has 188 valence electrons. The van der Waals surface area contributed by atoms with Crippen molar-refractivity contribution in [2.45, 2.75) is 0 Å². The zero-order valence-electron chi connectivity index (χ0n) is 21.8. The van der Waals surface area contributed by atoms with Crippen LogP contribution in [0, 0.1) is 11.3 Å². The second-order valence-electron chi connectivity index (χ2n) is 10.6. The summed E-state index contributed by atoms with van der Waals surface area (Å²) in [4.78, 5) is 4.65. The number of aromatic nitrogens is 1. The molecule has 0 fully saturated rings. The average Bonchev–Trinajstić information content (AvgIpc) is 3.04. The van der Waals surface area contributed by atoms with Gasteiger partial charge in [-0.15, -0.1) is 0 Å². The van der Waals surface area contributed by atoms with Crippen LogP contribution in [0.4, 0.5) is 0 Å². The molecule has 0 radical (unpaired) electrons. The first-order chi connectivity index (χ1) is 20.3. The van der Waals surface area contributed by atoms with Gasteiger partial charge in [-0.25, -0.2) is 0 Å². The van der Waals surface area contributed by atoms with Crippen LogP contribution in [0.3, 0.4) is 0 Å². The molecule has 0 atom stereocenters. The standard InChI is InChI=1S/C38H20N2O/c39-21-25-12-18-34-38-27(25)4-3-5-30(38)29-15-11-24(20-35(29)41-34)26-13-7-22-10-17-32-28(33-6-1-2-19-40-33)14-8-23-9-16-31(26)36(22)37(23)32/h1-20H. The Hall–Kier alpha value is -5.72. The van der Waals surface area contributed by atoms with Gasteiger partial charge in [-0.2, -0.15) is 5.26 Å². The van der Waals surface area contributed by atoms with Crippen LogP contribution in [-0.4, -0.2) is 4.98 Å². The van der Waals surface area contributed by atoms with E-state index in [-0.39, 0.29) is 0 Å². The van der Waals surface area contributed by atoms with E-state index in [1.165, 1.54) is 37.9 Å². The average molecular weight is 521 g/mol. The van der Waals surface area contributed by atoms with E-state index in [0.717, 1.165) is 50.2 Å². The van der Waals surface area contributed by atoms with Crippen LogP contribution in [0.25, 0.3) is 76.6 Å². The Bertz CT molecular complexity index is 2400. The summed E-state index contributed by atoms with van der Waals surface area (Å²) in [6.45, 7) is 0. The maximum absolute atomic E-state index is 9.63. The summed E-state index contributed by atoms with van der Waals surface area (Å²) in [7, 11) is 0. The molecule has 1 aromatic heterocycles. The molecule has 1 aliphatic heterocycles. The van der Waals surface area contributed by atoms with E-state index in [1.807, 2.05) is 42.6 Å². The summed E-state index contributed by atoms with van der Waals surface area (Å²) in [6.07, 6.45) is 1.85. The van der Waals surface area contributed by atoms with E-state index in [0.29, 0.717) is 5.56 Å². The summed E-state index contributed by atoms with van der Waals surface area (Å²) < 4.78 is 6.48. The fourth-order valence-electron chi connectivity index (χ4n) is 6.69. The molecular formula is C38H20N2O. The highest BCUT2D eigenvalue weighted by molar-refractivity contribution is 6.27. The van der Waals surface area contributed by atoms with E-state index in [9.17, 15) is 5.26 Å². The minimum Gasteiger partial charge on any atom is -0.456 e. The molecule has 0 N–H and O–H groups in total. The Balaban J connectivity index is 1.27. The largest absolute Gasteiger partial charge is 0.456 e. The topological polar surface area (TPSA) is 45.9 Å². The second-order valence-corrected chi connectivity index (χ2v) is 10.6. The maximum Gasteiger partial charge on any atom is 0.136 e. The van der Waals surface area contributed by atoms with Crippen molar-refractivity contribution < 1.29 is 4.74 Å². The van der Waals surface area contributed by atoms with E-state index in [2.05, 4.69) is 89.9 Å². The molecule has 0 unspecified atom stereocenters. The summed E-state index contributed by atoms with van der Waals surface area (Å²) in [5, 5.41) is 19.0. The van der Waals surface area contributed by atoms with Gasteiger partial charge in [0.1, 0.15) is 11.5 Å². The minimum absolute atomic E-state index is 0.661. The van der Waals surface area contributed by atoms with Crippen molar-refractivity contribution in [3.05, 3.63) is 127 Å². The van der Waals surface area contributed by atoms with Gasteiger partial charge in [-0.3, -0.25) is 4.98 Å². The highest BCUT2D eigenvalue weighted by Gasteiger charge is 2.22. The monoisotopic (exact) mass is 520 g/mol. The zero-order chi connectivity index (χ0) is 27.1. The predicted octanol–water partition coefficient (Wildman–Crippen LogP) is 10.1. The van der Waals surface area contributed by atoms with Crippen molar-refractivity contribution in [2.75, 3.05) is 0 Å². The molecule has 3 nitrogen and oxygen atoms in total. The molecule has 1 aliphatic rings. The maximum atomic E-state index is 9.63. The van der Waals surface area contributed by atoms with Crippen molar-refractivity contribution in [1.29, 1.82) is 5.26 Å². The molecule has 9 rings (SSSR count). The second kappa shape index (κ2) is 8.14. The highest BCUT2D eigenvalue weighted by atomic mass is 16.5. The SMILES string of the molecule is N#Cc1ccc2c3c(cccc13)-c1ccc(-c3ccc4ccc5c(-c6ccccn6)ccc6ccc3c4c65)cc1O2. The molecule has 0 aliphatic carbocycles. The molecule has 7 aromatic carbocycles. The fraction of sp³-hybridized carbons (Fsp3) is 0. The lowest BCUT2D eigenvalue weighted by atomic mass is 9.87. The van der Waals surface area contributed by atoms with Crippen LogP contribution in [0.1, 0.15) is 5.56 Å². The van der Waals surface area contributed by atoms with Crippen molar-refractivity contribution in [3.8, 4) is 51.1 Å². The van der Waals surface area contributed by atoms with Crippen LogP contribution in [-0.2, 0) is 0 Å². The number of hydrogen-bond acceptors (Lipinski definition) is 3. The lowest BCUT2D eigenvalue weighted by molar-refractivity contribution is 0.487. The van der Waals surface area contributed by atoms with E-state index in [4.69, 9.17) is 4.74 Å². The normalized spacial score (nSPS) is 12.1. The fourth-order valence-corrected chi connectivity index (χ4v) is 6.69. The third kappa shape index (κ3) is 3.05. The molecule has 0 spiro atoms. The molecule has 0 amide bonds. The number of pyridine rings is 1. The van der Waals surface area contributed by atoms with Crippen LogP contribution < -0.4 is 4.74 Å². The summed E-state index contributed by atoms with van der Waals surface area (Å²) in [5.41, 5.74) is 7.21. The van der Waals surface area contributed by atoms with Gasteiger partial charge in [0.15, 0.2) is 0 Å². The Kier molecular flexibility index (Phi) is 4.40. The number of nitrogens with zero attached hydrogens (tertiary/aromatic N) is 2. The molecule has 0 saturated carbocycles. The third-order valence-corrected chi connectivity index (χ3v) is 8.53. The molecule has 0 saturated heterocycles. The van der Waals surface area contributed by atoms with Crippen molar-refractivity contribution in [2.24, 2.45) is 0 Å². The number of hydrogen-bond donors (Lipinski definition) is 0. The molecule has 0 bridgehead atoms. The van der Waals surface area contributed by atoms with Gasteiger partial charge in [0, 0.05) is 28.1 Å². The van der Waals surface area contributed by atoms with Crippen molar-refractivity contribution in [1.82, 2.24) is 4.98 Å². The minimum atomic E-state index is 0.661. The molecule has 8 aromatic rings. The number of ether oxygens (including phenoxy) is 1. The summed E-state index contributed by atoms with van der Waals surface area (Å²) >= 11 is 0. The first kappa shape index (κ1) is 22.1. The van der Waals surface area contributed by atoms with Gasteiger partial charge in [0.25, 0.3) is 0 Å². The van der Waals surface area contributed by atoms with Crippen LogP contribution in [0.2, 0.25) is 0 Å². The molecular weight excluding hydrogens is 500 g/mol.